The molecule has 0 amide bonds. The van der Waals surface area contributed by atoms with E-state index >= 15 is 0 Å². The number of halogens is 1. The van der Waals surface area contributed by atoms with E-state index in [4.69, 9.17) is 10.7 Å². The van der Waals surface area contributed by atoms with E-state index in [0.29, 0.717) is 0 Å². The second-order valence-electron chi connectivity index (χ2n) is 2.74. The van der Waals surface area contributed by atoms with Crippen molar-refractivity contribution in [2.45, 2.75) is 11.8 Å². The molecule has 0 aliphatic rings. The van der Waals surface area contributed by atoms with Crippen LogP contribution in [0.4, 0.5) is 0 Å². The highest BCUT2D eigenvalue weighted by Gasteiger charge is 2.08. The van der Waals surface area contributed by atoms with Gasteiger partial charge in [-0.15, -0.1) is 0 Å². The Kier molecular flexibility index (Phi) is 2.78. The van der Waals surface area contributed by atoms with Crippen molar-refractivity contribution in [3.8, 4) is 0 Å². The van der Waals surface area contributed by atoms with E-state index in [1.165, 1.54) is 12.1 Å². The Morgan fingerprint density at radius 3 is 2.08 bits per heavy atom. The highest BCUT2D eigenvalue weighted by molar-refractivity contribution is 8.13. The van der Waals surface area contributed by atoms with E-state index in [0.717, 1.165) is 11.1 Å². The van der Waals surface area contributed by atoms with Gasteiger partial charge in [0.15, 0.2) is 0 Å². The zero-order valence-electron chi connectivity index (χ0n) is 7.12. The summed E-state index contributed by atoms with van der Waals surface area (Å²) in [4.78, 5) is 0.110. The lowest BCUT2D eigenvalue weighted by atomic mass is 10.1. The van der Waals surface area contributed by atoms with Crippen molar-refractivity contribution < 1.29 is 8.42 Å². The van der Waals surface area contributed by atoms with Gasteiger partial charge in [0.2, 0.25) is 0 Å². The van der Waals surface area contributed by atoms with Crippen LogP contribution in [0.5, 0.6) is 0 Å². The predicted molar refractivity (Wildman–Crippen MR) is 54.2 cm³/mol. The van der Waals surface area contributed by atoms with E-state index in [9.17, 15) is 8.42 Å². The largest absolute Gasteiger partial charge is 0.261 e. The van der Waals surface area contributed by atoms with Crippen LogP contribution in [0.1, 0.15) is 12.5 Å². The first-order valence-electron chi connectivity index (χ1n) is 3.62. The minimum absolute atomic E-state index is 0.110. The molecule has 0 unspecified atom stereocenters. The van der Waals surface area contributed by atoms with Crippen molar-refractivity contribution >= 4 is 25.3 Å². The normalized spacial score (nSPS) is 11.2. The maximum absolute atomic E-state index is 10.9. The van der Waals surface area contributed by atoms with E-state index in [-0.39, 0.29) is 4.90 Å². The molecule has 0 heterocycles. The highest BCUT2D eigenvalue weighted by Crippen LogP contribution is 2.18. The molecule has 70 valence electrons. The molecule has 1 rings (SSSR count). The van der Waals surface area contributed by atoms with Gasteiger partial charge in [-0.3, -0.25) is 0 Å². The summed E-state index contributed by atoms with van der Waals surface area (Å²) in [6.07, 6.45) is 0. The second-order valence-corrected chi connectivity index (χ2v) is 5.31. The lowest BCUT2D eigenvalue weighted by Crippen LogP contribution is -1.90. The third-order valence-corrected chi connectivity index (χ3v) is 3.00. The molecule has 4 heteroatoms. The highest BCUT2D eigenvalue weighted by atomic mass is 35.7. The molecular formula is C9H9ClO2S. The van der Waals surface area contributed by atoms with Crippen LogP contribution >= 0.6 is 10.7 Å². The quantitative estimate of drug-likeness (QED) is 0.713. The topological polar surface area (TPSA) is 34.1 Å². The first-order chi connectivity index (χ1) is 5.91. The number of allylic oxidation sites excluding steroid dienone is 1. The van der Waals surface area contributed by atoms with Gasteiger partial charge in [-0.05, 0) is 24.6 Å². The molecule has 0 atom stereocenters. The molecule has 0 spiro atoms. The van der Waals surface area contributed by atoms with Crippen molar-refractivity contribution in [1.29, 1.82) is 0 Å². The van der Waals surface area contributed by atoms with Gasteiger partial charge >= 0.3 is 0 Å². The van der Waals surface area contributed by atoms with Gasteiger partial charge in [-0.25, -0.2) is 8.42 Å². The molecule has 2 nitrogen and oxygen atoms in total. The average molecular weight is 217 g/mol. The third kappa shape index (κ3) is 2.57. The van der Waals surface area contributed by atoms with Crippen LogP contribution in [-0.4, -0.2) is 8.42 Å². The summed E-state index contributed by atoms with van der Waals surface area (Å²) < 4.78 is 21.7. The Morgan fingerprint density at radius 2 is 1.77 bits per heavy atom. The van der Waals surface area contributed by atoms with Crippen LogP contribution in [0.25, 0.3) is 5.57 Å². The molecule has 0 aliphatic heterocycles. The Balaban J connectivity index is 3.16. The summed E-state index contributed by atoms with van der Waals surface area (Å²) in [5, 5.41) is 0. The maximum Gasteiger partial charge on any atom is 0.261 e. The Morgan fingerprint density at radius 1 is 1.31 bits per heavy atom. The summed E-state index contributed by atoms with van der Waals surface area (Å²) in [7, 11) is 1.54. The standard InChI is InChI=1S/C9H9ClO2S/c1-7(2)8-3-5-9(6-4-8)13(10,11)12/h3-6H,1H2,2H3. The van der Waals surface area contributed by atoms with Crippen LogP contribution in [-0.2, 0) is 9.05 Å². The molecule has 13 heavy (non-hydrogen) atoms. The lowest BCUT2D eigenvalue weighted by molar-refractivity contribution is 0.609. The molecule has 1 aromatic rings. The first-order valence-corrected chi connectivity index (χ1v) is 5.93. The smallest absolute Gasteiger partial charge is 0.207 e. The number of rotatable bonds is 2. The number of hydrogen-bond acceptors (Lipinski definition) is 2. The fraction of sp³-hybridized carbons (Fsp3) is 0.111. The van der Waals surface area contributed by atoms with E-state index in [1.54, 1.807) is 12.1 Å². The maximum atomic E-state index is 10.9. The summed E-state index contributed by atoms with van der Waals surface area (Å²) in [5.41, 5.74) is 1.79. The van der Waals surface area contributed by atoms with E-state index in [2.05, 4.69) is 6.58 Å². The van der Waals surface area contributed by atoms with E-state index < -0.39 is 9.05 Å². The minimum Gasteiger partial charge on any atom is -0.207 e. The van der Waals surface area contributed by atoms with Crippen molar-refractivity contribution in [2.24, 2.45) is 0 Å². The van der Waals surface area contributed by atoms with Crippen LogP contribution in [0.15, 0.2) is 35.7 Å². The first kappa shape index (κ1) is 10.3. The van der Waals surface area contributed by atoms with Gasteiger partial charge in [0, 0.05) is 10.7 Å². The summed E-state index contributed by atoms with van der Waals surface area (Å²) in [6, 6.07) is 6.29. The van der Waals surface area contributed by atoms with Gasteiger partial charge in [0.25, 0.3) is 9.05 Å². The number of benzene rings is 1. The summed E-state index contributed by atoms with van der Waals surface area (Å²) >= 11 is 0. The molecule has 0 aliphatic carbocycles. The van der Waals surface area contributed by atoms with Crippen LogP contribution in [0, 0.1) is 0 Å². The van der Waals surface area contributed by atoms with Gasteiger partial charge < -0.3 is 0 Å². The predicted octanol–water partition coefficient (Wildman–Crippen LogP) is 2.65. The molecular weight excluding hydrogens is 208 g/mol. The second kappa shape index (κ2) is 3.52. The molecule has 0 fully saturated rings. The molecule has 1 aromatic carbocycles. The van der Waals surface area contributed by atoms with Gasteiger partial charge in [0.1, 0.15) is 0 Å². The molecule has 0 N–H and O–H groups in total. The molecule has 0 saturated carbocycles. The molecule has 0 aromatic heterocycles. The molecule has 0 bridgehead atoms. The average Bonchev–Trinajstić information content (AvgIpc) is 2.03. The zero-order valence-corrected chi connectivity index (χ0v) is 8.69. The van der Waals surface area contributed by atoms with Gasteiger partial charge in [-0.2, -0.15) is 0 Å². The molecule has 0 saturated heterocycles. The Labute approximate surface area is 82.3 Å². The SMILES string of the molecule is C=C(C)c1ccc(S(=O)(=O)Cl)cc1. The number of hydrogen-bond donors (Lipinski definition) is 0. The van der Waals surface area contributed by atoms with Crippen LogP contribution in [0.2, 0.25) is 0 Å². The lowest BCUT2D eigenvalue weighted by Gasteiger charge is -2.00. The van der Waals surface area contributed by atoms with Crippen LogP contribution < -0.4 is 0 Å². The third-order valence-electron chi connectivity index (χ3n) is 1.63. The van der Waals surface area contributed by atoms with Crippen molar-refractivity contribution in [1.82, 2.24) is 0 Å². The van der Waals surface area contributed by atoms with Crippen molar-refractivity contribution in [3.05, 3.63) is 36.4 Å². The summed E-state index contributed by atoms with van der Waals surface area (Å²) in [5.74, 6) is 0. The fourth-order valence-corrected chi connectivity index (χ4v) is 1.67. The minimum atomic E-state index is -3.60. The monoisotopic (exact) mass is 216 g/mol. The molecule has 0 radical (unpaired) electrons. The van der Waals surface area contributed by atoms with Gasteiger partial charge in [-0.1, -0.05) is 24.3 Å². The summed E-state index contributed by atoms with van der Waals surface area (Å²) in [6.45, 7) is 5.59. The van der Waals surface area contributed by atoms with E-state index in [1.807, 2.05) is 6.92 Å². The van der Waals surface area contributed by atoms with Gasteiger partial charge in [0.05, 0.1) is 4.90 Å². The zero-order chi connectivity index (χ0) is 10.1. The van der Waals surface area contributed by atoms with Crippen molar-refractivity contribution in [2.75, 3.05) is 0 Å². The van der Waals surface area contributed by atoms with Crippen molar-refractivity contribution in [3.63, 3.8) is 0 Å². The fourth-order valence-electron chi connectivity index (χ4n) is 0.902. The van der Waals surface area contributed by atoms with Crippen LogP contribution in [0.3, 0.4) is 0 Å². The Hall–Kier alpha value is -0.800. The Bertz CT molecular complexity index is 417.